The predicted molar refractivity (Wildman–Crippen MR) is 86.1 cm³/mol. The Morgan fingerprint density at radius 2 is 1.84 bits per heavy atom. The number of thiophene rings is 1. The van der Waals surface area contributed by atoms with Crippen LogP contribution >= 0.6 is 27.3 Å². The molecular weight excluding hydrogens is 320 g/mol. The highest BCUT2D eigenvalue weighted by Crippen LogP contribution is 2.29. The van der Waals surface area contributed by atoms with Gasteiger partial charge in [0.15, 0.2) is 0 Å². The van der Waals surface area contributed by atoms with Gasteiger partial charge in [-0.05, 0) is 56.9 Å². The maximum Gasteiger partial charge on any atom is 0.124 e. The monoisotopic (exact) mass is 338 g/mol. The molecule has 1 heterocycles. The van der Waals surface area contributed by atoms with Gasteiger partial charge in [-0.3, -0.25) is 0 Å². The summed E-state index contributed by atoms with van der Waals surface area (Å²) in [5.41, 5.74) is 1.59. The average Bonchev–Trinajstić information content (AvgIpc) is 2.82. The lowest BCUT2D eigenvalue weighted by Gasteiger charge is -2.23. The minimum Gasteiger partial charge on any atom is -0.488 e. The molecule has 0 atom stereocenters. The number of halogens is 1. The zero-order chi connectivity index (χ0) is 13.9. The Morgan fingerprint density at radius 3 is 2.37 bits per heavy atom. The van der Waals surface area contributed by atoms with Crippen molar-refractivity contribution in [3.63, 3.8) is 0 Å². The first kappa shape index (κ1) is 14.6. The Hall–Kier alpha value is -0.800. The lowest BCUT2D eigenvalue weighted by atomic mass is 9.82. The quantitative estimate of drug-likeness (QED) is 0.671. The van der Waals surface area contributed by atoms with E-state index in [4.69, 9.17) is 4.74 Å². The highest BCUT2D eigenvalue weighted by Gasteiger charge is 2.17. The fraction of sp³-hybridized carbons (Fsp3) is 0.375. The van der Waals surface area contributed by atoms with Crippen LogP contribution in [0.1, 0.15) is 37.6 Å². The summed E-state index contributed by atoms with van der Waals surface area (Å²) in [4.78, 5) is 1.22. The molecule has 0 bridgehead atoms. The molecule has 0 unspecified atom stereocenters. The van der Waals surface area contributed by atoms with Crippen molar-refractivity contribution in [1.29, 1.82) is 0 Å². The molecule has 102 valence electrons. The van der Waals surface area contributed by atoms with E-state index in [0.29, 0.717) is 6.61 Å². The summed E-state index contributed by atoms with van der Waals surface area (Å²) in [6.45, 7) is 7.38. The first-order chi connectivity index (χ1) is 9.03. The normalized spacial score (nSPS) is 11.6. The topological polar surface area (TPSA) is 9.23 Å². The summed E-state index contributed by atoms with van der Waals surface area (Å²) < 4.78 is 6.94. The van der Waals surface area contributed by atoms with Gasteiger partial charge in [0.1, 0.15) is 12.4 Å². The fourth-order valence-electron chi connectivity index (χ4n) is 1.78. The molecule has 3 heteroatoms. The van der Waals surface area contributed by atoms with Gasteiger partial charge in [-0.1, -0.05) is 32.9 Å². The minimum absolute atomic E-state index is 0.231. The third-order valence-electron chi connectivity index (χ3n) is 3.58. The van der Waals surface area contributed by atoms with E-state index < -0.39 is 0 Å². The molecule has 1 aromatic heterocycles. The average molecular weight is 339 g/mol. The molecule has 0 N–H and O–H groups in total. The summed E-state index contributed by atoms with van der Waals surface area (Å²) >= 11 is 5.23. The minimum atomic E-state index is 0.231. The maximum absolute atomic E-state index is 5.81. The summed E-state index contributed by atoms with van der Waals surface area (Å²) in [5.74, 6) is 0.927. The maximum atomic E-state index is 5.81. The van der Waals surface area contributed by atoms with Gasteiger partial charge in [-0.15, -0.1) is 11.3 Å². The molecule has 19 heavy (non-hydrogen) atoms. The van der Waals surface area contributed by atoms with Crippen molar-refractivity contribution in [2.75, 3.05) is 0 Å². The van der Waals surface area contributed by atoms with Gasteiger partial charge in [0.25, 0.3) is 0 Å². The molecule has 0 radical (unpaired) electrons. The van der Waals surface area contributed by atoms with E-state index in [0.717, 1.165) is 16.6 Å². The molecule has 1 aromatic carbocycles. The van der Waals surface area contributed by atoms with Crippen LogP contribution in [0.2, 0.25) is 0 Å². The summed E-state index contributed by atoms with van der Waals surface area (Å²) in [6.07, 6.45) is 1.13. The van der Waals surface area contributed by atoms with E-state index in [2.05, 4.69) is 72.4 Å². The van der Waals surface area contributed by atoms with Crippen LogP contribution < -0.4 is 4.74 Å². The van der Waals surface area contributed by atoms with Crippen LogP contribution in [-0.4, -0.2) is 0 Å². The number of ether oxygens (including phenoxy) is 1. The molecule has 1 nitrogen and oxygen atoms in total. The van der Waals surface area contributed by atoms with Crippen molar-refractivity contribution in [3.05, 3.63) is 50.6 Å². The van der Waals surface area contributed by atoms with Gasteiger partial charge < -0.3 is 4.74 Å². The number of hydrogen-bond donors (Lipinski definition) is 0. The van der Waals surface area contributed by atoms with Crippen LogP contribution in [0.5, 0.6) is 5.75 Å². The molecule has 0 amide bonds. The van der Waals surface area contributed by atoms with Gasteiger partial charge in [0.2, 0.25) is 0 Å². The lowest BCUT2D eigenvalue weighted by Crippen LogP contribution is -2.14. The predicted octanol–water partition coefficient (Wildman–Crippen LogP) is 5.78. The Balaban J connectivity index is 2.01. The summed E-state index contributed by atoms with van der Waals surface area (Å²) in [7, 11) is 0. The van der Waals surface area contributed by atoms with E-state index in [1.807, 2.05) is 0 Å². The summed E-state index contributed by atoms with van der Waals surface area (Å²) in [5, 5.41) is 2.07. The first-order valence-corrected chi connectivity index (χ1v) is 8.15. The second-order valence-electron chi connectivity index (χ2n) is 5.24. The number of hydrogen-bond acceptors (Lipinski definition) is 2. The first-order valence-electron chi connectivity index (χ1n) is 6.48. The van der Waals surface area contributed by atoms with Crippen molar-refractivity contribution >= 4 is 27.3 Å². The largest absolute Gasteiger partial charge is 0.488 e. The third kappa shape index (κ3) is 3.61. The molecule has 0 aliphatic carbocycles. The van der Waals surface area contributed by atoms with Gasteiger partial charge >= 0.3 is 0 Å². The highest BCUT2D eigenvalue weighted by atomic mass is 79.9. The van der Waals surface area contributed by atoms with E-state index in [9.17, 15) is 0 Å². The van der Waals surface area contributed by atoms with Crippen LogP contribution in [0.15, 0.2) is 40.2 Å². The molecule has 0 spiro atoms. The van der Waals surface area contributed by atoms with Crippen LogP contribution in [-0.2, 0) is 12.0 Å². The lowest BCUT2D eigenvalue weighted by molar-refractivity contribution is 0.309. The van der Waals surface area contributed by atoms with Crippen LogP contribution in [0.4, 0.5) is 0 Å². The standard InChI is InChI=1S/C16H19BrOS/c1-4-16(2,3)12-5-7-13(8-6-12)18-11-15-14(17)9-10-19-15/h5-10H,4,11H2,1-3H3. The Kier molecular flexibility index (Phi) is 4.69. The van der Waals surface area contributed by atoms with Crippen molar-refractivity contribution in [2.45, 2.75) is 39.2 Å². The Bertz CT molecular complexity index is 528. The van der Waals surface area contributed by atoms with E-state index in [1.54, 1.807) is 11.3 Å². The van der Waals surface area contributed by atoms with Gasteiger partial charge in [-0.25, -0.2) is 0 Å². The molecule has 0 aliphatic heterocycles. The smallest absolute Gasteiger partial charge is 0.124 e. The van der Waals surface area contributed by atoms with Crippen LogP contribution in [0, 0.1) is 0 Å². The summed E-state index contributed by atoms with van der Waals surface area (Å²) in [6, 6.07) is 10.5. The zero-order valence-corrected chi connectivity index (χ0v) is 14.0. The Labute approximate surface area is 127 Å². The van der Waals surface area contributed by atoms with E-state index in [-0.39, 0.29) is 5.41 Å². The van der Waals surface area contributed by atoms with Crippen LogP contribution in [0.25, 0.3) is 0 Å². The van der Waals surface area contributed by atoms with E-state index in [1.165, 1.54) is 10.4 Å². The third-order valence-corrected chi connectivity index (χ3v) is 5.48. The molecule has 0 saturated carbocycles. The van der Waals surface area contributed by atoms with Gasteiger partial charge in [0, 0.05) is 4.47 Å². The second-order valence-corrected chi connectivity index (χ2v) is 7.10. The molecule has 2 rings (SSSR count). The van der Waals surface area contributed by atoms with Crippen molar-refractivity contribution < 1.29 is 4.74 Å². The van der Waals surface area contributed by atoms with Crippen molar-refractivity contribution in [2.24, 2.45) is 0 Å². The van der Waals surface area contributed by atoms with Gasteiger partial charge in [-0.2, -0.15) is 0 Å². The fourth-order valence-corrected chi connectivity index (χ4v) is 3.16. The molecule has 0 saturated heterocycles. The van der Waals surface area contributed by atoms with Crippen LogP contribution in [0.3, 0.4) is 0 Å². The van der Waals surface area contributed by atoms with Gasteiger partial charge in [0.05, 0.1) is 4.88 Å². The Morgan fingerprint density at radius 1 is 1.16 bits per heavy atom. The number of benzene rings is 1. The number of rotatable bonds is 5. The van der Waals surface area contributed by atoms with E-state index >= 15 is 0 Å². The molecule has 0 fully saturated rings. The molecular formula is C16H19BrOS. The second kappa shape index (κ2) is 6.10. The highest BCUT2D eigenvalue weighted by molar-refractivity contribution is 9.10. The van der Waals surface area contributed by atoms with Crippen molar-refractivity contribution in [1.82, 2.24) is 0 Å². The molecule has 2 aromatic rings. The van der Waals surface area contributed by atoms with Crippen molar-refractivity contribution in [3.8, 4) is 5.75 Å². The SMILES string of the molecule is CCC(C)(C)c1ccc(OCc2sccc2Br)cc1. The molecule has 0 aliphatic rings. The zero-order valence-electron chi connectivity index (χ0n) is 11.6.